The van der Waals surface area contributed by atoms with Gasteiger partial charge in [-0.3, -0.25) is 0 Å². The predicted molar refractivity (Wildman–Crippen MR) is 61.3 cm³/mol. The fraction of sp³-hybridized carbons (Fsp3) is 1.00. The van der Waals surface area contributed by atoms with Gasteiger partial charge in [0.15, 0.2) is 0 Å². The minimum Gasteiger partial charge on any atom is -0.220 e. The number of alkyl halides is 13. The first-order chi connectivity index (χ1) is 12.1. The van der Waals surface area contributed by atoms with Crippen molar-refractivity contribution in [2.24, 2.45) is 0 Å². The highest BCUT2D eigenvalue weighted by Gasteiger charge is 2.93. The van der Waals surface area contributed by atoms with Gasteiger partial charge < -0.3 is 0 Å². The highest BCUT2D eigenvalue weighted by molar-refractivity contribution is 8.25. The van der Waals surface area contributed by atoms with Gasteiger partial charge in [0.1, 0.15) is 0 Å². The molecule has 0 radical (unpaired) electrons. The van der Waals surface area contributed by atoms with Crippen LogP contribution in [0.5, 0.6) is 0 Å². The van der Waals surface area contributed by atoms with Crippen molar-refractivity contribution in [3.8, 4) is 0 Å². The molecule has 1 aliphatic heterocycles. The van der Waals surface area contributed by atoms with E-state index in [1.807, 2.05) is 0 Å². The molecule has 22 heteroatoms. The van der Waals surface area contributed by atoms with Gasteiger partial charge >= 0.3 is 33.8 Å². The summed E-state index contributed by atoms with van der Waals surface area (Å²) in [5.74, 6) is -15.5. The van der Waals surface area contributed by atoms with Gasteiger partial charge in [0.2, 0.25) is 0 Å². The maximum Gasteiger partial charge on any atom is 0.461 e. The highest BCUT2D eigenvalue weighted by atomic mass is 32.3. The molecular weight excluding hydrogens is 523 g/mol. The maximum absolute atomic E-state index is 13.4. The molecule has 1 saturated heterocycles. The van der Waals surface area contributed by atoms with Crippen LogP contribution < -0.4 is 0 Å². The number of rotatable bonds is 3. The van der Waals surface area contributed by atoms with E-state index in [1.54, 1.807) is 0 Å². The van der Waals surface area contributed by atoms with Crippen LogP contribution in [0, 0.1) is 0 Å². The molecule has 0 spiro atoms. The fourth-order valence-electron chi connectivity index (χ4n) is 1.73. The van der Waals surface area contributed by atoms with Crippen molar-refractivity contribution in [3.05, 3.63) is 0 Å². The Balaban J connectivity index is 4.13. The molecule has 0 aromatic carbocycles. The number of halogens is 13. The standard InChI is InChI=1S/C7HF13O6S3/c8-2(9,4(12,13)14)5(15,16)27(21,22)1-28(23,24)6(17,18)3(10,11)7(19,20)29(1,25)26/h1H. The van der Waals surface area contributed by atoms with E-state index in [2.05, 4.69) is 0 Å². The topological polar surface area (TPSA) is 102 Å². The molecule has 0 bridgehead atoms. The largest absolute Gasteiger partial charge is 0.461 e. The lowest BCUT2D eigenvalue weighted by molar-refractivity contribution is -0.332. The molecule has 1 rings (SSSR count). The molecule has 1 fully saturated rings. The minimum atomic E-state index is -8.78. The Bertz CT molecular complexity index is 971. The highest BCUT2D eigenvalue weighted by Crippen LogP contribution is 2.61. The van der Waals surface area contributed by atoms with Gasteiger partial charge in [-0.15, -0.1) is 0 Å². The van der Waals surface area contributed by atoms with E-state index in [-0.39, 0.29) is 0 Å². The lowest BCUT2D eigenvalue weighted by Crippen LogP contribution is -2.73. The van der Waals surface area contributed by atoms with Crippen molar-refractivity contribution in [1.82, 2.24) is 0 Å². The molecule has 0 saturated carbocycles. The van der Waals surface area contributed by atoms with Crippen LogP contribution in [-0.2, 0) is 29.5 Å². The summed E-state index contributed by atoms with van der Waals surface area (Å²) in [5.41, 5.74) is 0. The average molecular weight is 524 g/mol. The van der Waals surface area contributed by atoms with Crippen LogP contribution in [0.25, 0.3) is 0 Å². The molecular formula is C7HF13O6S3. The third kappa shape index (κ3) is 2.62. The molecule has 0 amide bonds. The minimum absolute atomic E-state index is 6.21. The van der Waals surface area contributed by atoms with Gasteiger partial charge in [-0.25, -0.2) is 25.3 Å². The molecule has 0 aromatic heterocycles. The van der Waals surface area contributed by atoms with Gasteiger partial charge in [-0.05, 0) is 0 Å². The summed E-state index contributed by atoms with van der Waals surface area (Å²) in [7, 11) is -25.5. The molecule has 0 N–H and O–H groups in total. The molecule has 0 unspecified atom stereocenters. The monoisotopic (exact) mass is 524 g/mol. The first kappa shape index (κ1) is 26.0. The van der Waals surface area contributed by atoms with Gasteiger partial charge in [0, 0.05) is 0 Å². The zero-order valence-electron chi connectivity index (χ0n) is 12.2. The molecule has 1 heterocycles. The van der Waals surface area contributed by atoms with E-state index in [0.717, 1.165) is 0 Å². The van der Waals surface area contributed by atoms with Crippen LogP contribution in [-0.4, -0.2) is 63.0 Å². The molecule has 29 heavy (non-hydrogen) atoms. The van der Waals surface area contributed by atoms with Crippen LogP contribution in [0.1, 0.15) is 0 Å². The Morgan fingerprint density at radius 1 is 0.655 bits per heavy atom. The Morgan fingerprint density at radius 3 is 1.17 bits per heavy atom. The number of hydrogen-bond donors (Lipinski definition) is 0. The Labute approximate surface area is 150 Å². The first-order valence-electron chi connectivity index (χ1n) is 5.78. The van der Waals surface area contributed by atoms with Crippen molar-refractivity contribution in [2.75, 3.05) is 0 Å². The second-order valence-electron chi connectivity index (χ2n) is 5.12. The smallest absolute Gasteiger partial charge is 0.220 e. The van der Waals surface area contributed by atoms with Crippen LogP contribution in [0.3, 0.4) is 0 Å². The summed E-state index contributed by atoms with van der Waals surface area (Å²) in [4.78, 5) is 0. The molecule has 0 aliphatic carbocycles. The van der Waals surface area contributed by atoms with E-state index in [9.17, 15) is 82.3 Å². The predicted octanol–water partition coefficient (Wildman–Crippen LogP) is 2.14. The zero-order valence-corrected chi connectivity index (χ0v) is 14.6. The lowest BCUT2D eigenvalue weighted by atomic mass is 10.3. The van der Waals surface area contributed by atoms with Crippen molar-refractivity contribution in [2.45, 2.75) is 37.7 Å². The van der Waals surface area contributed by atoms with Crippen molar-refractivity contribution >= 4 is 29.5 Å². The second kappa shape index (κ2) is 5.79. The van der Waals surface area contributed by atoms with Gasteiger partial charge in [-0.1, -0.05) is 0 Å². The summed E-state index contributed by atoms with van der Waals surface area (Å²) < 4.78 is 229. The summed E-state index contributed by atoms with van der Waals surface area (Å²) in [5, 5.41) is -23.0. The van der Waals surface area contributed by atoms with Crippen molar-refractivity contribution < 1.29 is 82.3 Å². The van der Waals surface area contributed by atoms with E-state index >= 15 is 0 Å². The van der Waals surface area contributed by atoms with Crippen LogP contribution in [0.2, 0.25) is 0 Å². The molecule has 1 aliphatic rings. The fourth-order valence-corrected chi connectivity index (χ4v) is 10.1. The van der Waals surface area contributed by atoms with E-state index in [1.165, 1.54) is 0 Å². The summed E-state index contributed by atoms with van der Waals surface area (Å²) in [6, 6.07) is 0. The average Bonchev–Trinajstić information content (AvgIpc) is 2.42. The van der Waals surface area contributed by atoms with E-state index in [4.69, 9.17) is 0 Å². The molecule has 6 nitrogen and oxygen atoms in total. The third-order valence-electron chi connectivity index (χ3n) is 3.28. The molecule has 0 atom stereocenters. The molecule has 174 valence electrons. The Kier molecular flexibility index (Phi) is 5.19. The van der Waals surface area contributed by atoms with Gasteiger partial charge in [-0.2, -0.15) is 57.1 Å². The normalized spacial score (nSPS) is 26.8. The first-order valence-corrected chi connectivity index (χ1v) is 10.4. The SMILES string of the molecule is O=S(=O)(C1S(=O)(=O)C(F)(F)C(F)(F)C(F)(F)S1(=O)=O)C(F)(F)C(F)(F)C(F)(F)F. The van der Waals surface area contributed by atoms with E-state index in [0.29, 0.717) is 0 Å². The van der Waals surface area contributed by atoms with E-state index < -0.39 is 67.2 Å². The second-order valence-corrected chi connectivity index (χ2v) is 12.2. The van der Waals surface area contributed by atoms with Crippen LogP contribution in [0.15, 0.2) is 0 Å². The Hall–Kier alpha value is -1.06. The number of hydrogen-bond acceptors (Lipinski definition) is 6. The lowest BCUT2D eigenvalue weighted by Gasteiger charge is -2.40. The zero-order chi connectivity index (χ0) is 24.1. The van der Waals surface area contributed by atoms with Crippen LogP contribution in [0.4, 0.5) is 57.1 Å². The van der Waals surface area contributed by atoms with Crippen molar-refractivity contribution in [1.29, 1.82) is 0 Å². The van der Waals surface area contributed by atoms with Gasteiger partial charge in [0.25, 0.3) is 33.4 Å². The summed E-state index contributed by atoms with van der Waals surface area (Å²) >= 11 is 0. The van der Waals surface area contributed by atoms with Gasteiger partial charge in [0.05, 0.1) is 0 Å². The third-order valence-corrected chi connectivity index (χ3v) is 12.3. The van der Waals surface area contributed by atoms with Crippen molar-refractivity contribution in [3.63, 3.8) is 0 Å². The quantitative estimate of drug-likeness (QED) is 0.525. The maximum atomic E-state index is 13.4. The summed E-state index contributed by atoms with van der Waals surface area (Å²) in [6.45, 7) is 0. The van der Waals surface area contributed by atoms with Crippen LogP contribution >= 0.6 is 0 Å². The Morgan fingerprint density at radius 2 is 0.931 bits per heavy atom. The molecule has 0 aromatic rings. The number of sulfone groups is 3. The summed E-state index contributed by atoms with van der Waals surface area (Å²) in [6.07, 6.45) is -7.64.